The second-order valence-electron chi connectivity index (χ2n) is 10.4. The first-order chi connectivity index (χ1) is 18.7. The number of likely N-dealkylation sites (N-methyl/N-ethyl adjacent to an activating group) is 1. The van der Waals surface area contributed by atoms with Crippen LogP contribution in [0.2, 0.25) is 0 Å². The third-order valence-electron chi connectivity index (χ3n) is 7.30. The number of aliphatic hydroxyl groups is 1. The first kappa shape index (κ1) is 29.2. The topological polar surface area (TPSA) is 99.6 Å². The van der Waals surface area contributed by atoms with E-state index in [0.29, 0.717) is 39.4 Å². The lowest BCUT2D eigenvalue weighted by Gasteiger charge is -2.38. The summed E-state index contributed by atoms with van der Waals surface area (Å²) < 4.78 is 40.6. The van der Waals surface area contributed by atoms with Crippen LogP contribution in [0.1, 0.15) is 25.0 Å². The van der Waals surface area contributed by atoms with Gasteiger partial charge in [-0.25, -0.2) is 8.42 Å². The van der Waals surface area contributed by atoms with E-state index < -0.39 is 22.2 Å². The highest BCUT2D eigenvalue weighted by Crippen LogP contribution is 2.34. The molecule has 212 valence electrons. The van der Waals surface area contributed by atoms with Crippen molar-refractivity contribution in [2.24, 2.45) is 5.92 Å². The maximum atomic E-state index is 13.7. The van der Waals surface area contributed by atoms with Gasteiger partial charge in [0.15, 0.2) is 0 Å². The van der Waals surface area contributed by atoms with Crippen molar-refractivity contribution in [2.45, 2.75) is 30.9 Å². The standard InChI is InChI=1S/C29H39N3O6S/c1-22-18-32(23(2)21-33)39(35,36)28-12-11-25(10-9-24-7-5-4-6-8-24)17-26(28)38-27(22)19-30(3)29(34)20-31-13-15-37-16-14-31/h4-12,17,22-23,27,33H,13-16,18-21H2,1-3H3/t22-,23+,27-/m1/s1. The lowest BCUT2D eigenvalue weighted by Crippen LogP contribution is -2.51. The summed E-state index contributed by atoms with van der Waals surface area (Å²) in [7, 11) is -2.18. The Balaban J connectivity index is 1.62. The molecule has 0 unspecified atom stereocenters. The quantitative estimate of drug-likeness (QED) is 0.498. The fourth-order valence-electron chi connectivity index (χ4n) is 4.76. The molecule has 0 saturated carbocycles. The van der Waals surface area contributed by atoms with E-state index in [0.717, 1.165) is 11.1 Å². The van der Waals surface area contributed by atoms with E-state index in [1.807, 2.05) is 49.4 Å². The predicted octanol–water partition coefficient (Wildman–Crippen LogP) is 2.42. The summed E-state index contributed by atoms with van der Waals surface area (Å²) >= 11 is 0. The molecule has 1 N–H and O–H groups in total. The number of rotatable bonds is 8. The Morgan fingerprint density at radius 3 is 2.51 bits per heavy atom. The molecule has 2 aromatic carbocycles. The molecule has 2 aromatic rings. The summed E-state index contributed by atoms with van der Waals surface area (Å²) in [5.74, 6) is -0.0299. The Labute approximate surface area is 231 Å². The lowest BCUT2D eigenvalue weighted by atomic mass is 10.0. The van der Waals surface area contributed by atoms with Gasteiger partial charge in [-0.15, -0.1) is 0 Å². The van der Waals surface area contributed by atoms with Crippen molar-refractivity contribution in [1.29, 1.82) is 0 Å². The van der Waals surface area contributed by atoms with Crippen LogP contribution in [0, 0.1) is 5.92 Å². The minimum absolute atomic E-state index is 0.0252. The van der Waals surface area contributed by atoms with Crippen LogP contribution < -0.4 is 4.74 Å². The molecule has 9 nitrogen and oxygen atoms in total. The van der Waals surface area contributed by atoms with Crippen molar-refractivity contribution in [2.75, 3.05) is 59.6 Å². The number of ether oxygens (including phenoxy) is 2. The number of morpholine rings is 1. The molecule has 1 amide bonds. The fourth-order valence-corrected chi connectivity index (χ4v) is 6.59. The molecule has 1 fully saturated rings. The van der Waals surface area contributed by atoms with Crippen LogP contribution in [0.25, 0.3) is 12.2 Å². The molecular weight excluding hydrogens is 518 g/mol. The minimum atomic E-state index is -3.93. The molecule has 39 heavy (non-hydrogen) atoms. The van der Waals surface area contributed by atoms with Gasteiger partial charge in [-0.2, -0.15) is 4.31 Å². The number of nitrogens with zero attached hydrogens (tertiary/aromatic N) is 3. The molecule has 0 bridgehead atoms. The normalized spacial score (nSPS) is 22.9. The summed E-state index contributed by atoms with van der Waals surface area (Å²) in [6.45, 7) is 6.73. The summed E-state index contributed by atoms with van der Waals surface area (Å²) in [5, 5.41) is 9.86. The van der Waals surface area contributed by atoms with Crippen molar-refractivity contribution < 1.29 is 27.8 Å². The number of carbonyl (C=O) groups excluding carboxylic acids is 1. The van der Waals surface area contributed by atoms with E-state index >= 15 is 0 Å². The Bertz CT molecular complexity index is 1250. The smallest absolute Gasteiger partial charge is 0.247 e. The Morgan fingerprint density at radius 1 is 1.13 bits per heavy atom. The van der Waals surface area contributed by atoms with Gasteiger partial charge in [0.1, 0.15) is 16.7 Å². The van der Waals surface area contributed by atoms with E-state index in [-0.39, 0.29) is 35.6 Å². The number of aliphatic hydroxyl groups excluding tert-OH is 1. The third kappa shape index (κ3) is 7.26. The number of amides is 1. The fraction of sp³-hybridized carbons (Fsp3) is 0.483. The zero-order chi connectivity index (χ0) is 28.0. The van der Waals surface area contributed by atoms with E-state index in [1.54, 1.807) is 37.1 Å². The Hall–Kier alpha value is -2.76. The van der Waals surface area contributed by atoms with Gasteiger partial charge in [0.25, 0.3) is 0 Å². The van der Waals surface area contributed by atoms with E-state index in [4.69, 9.17) is 9.47 Å². The van der Waals surface area contributed by atoms with Crippen molar-refractivity contribution in [1.82, 2.24) is 14.1 Å². The number of carbonyl (C=O) groups is 1. The molecule has 4 rings (SSSR count). The summed E-state index contributed by atoms with van der Waals surface area (Å²) in [6, 6.07) is 14.3. The zero-order valence-corrected chi connectivity index (χ0v) is 23.7. The number of benzene rings is 2. The lowest BCUT2D eigenvalue weighted by molar-refractivity contribution is -0.133. The second-order valence-corrected chi connectivity index (χ2v) is 12.2. The second kappa shape index (κ2) is 13.1. The maximum Gasteiger partial charge on any atom is 0.247 e. The van der Waals surface area contributed by atoms with Crippen LogP contribution in [0.3, 0.4) is 0 Å². The van der Waals surface area contributed by atoms with E-state index in [1.165, 1.54) is 4.31 Å². The van der Waals surface area contributed by atoms with Gasteiger partial charge in [-0.05, 0) is 30.2 Å². The van der Waals surface area contributed by atoms with Gasteiger partial charge in [0.05, 0.1) is 32.9 Å². The molecular formula is C29H39N3O6S. The van der Waals surface area contributed by atoms with Crippen LogP contribution in [-0.4, -0.2) is 105 Å². The molecule has 1 saturated heterocycles. The predicted molar refractivity (Wildman–Crippen MR) is 151 cm³/mol. The van der Waals surface area contributed by atoms with Gasteiger partial charge in [-0.1, -0.05) is 55.5 Å². The van der Waals surface area contributed by atoms with Crippen molar-refractivity contribution in [3.05, 3.63) is 59.7 Å². The molecule has 3 atom stereocenters. The average Bonchev–Trinajstić information content (AvgIpc) is 2.94. The van der Waals surface area contributed by atoms with Gasteiger partial charge >= 0.3 is 0 Å². The van der Waals surface area contributed by atoms with Gasteiger partial charge in [-0.3, -0.25) is 9.69 Å². The summed E-state index contributed by atoms with van der Waals surface area (Å²) in [4.78, 5) is 16.8. The molecule has 0 radical (unpaired) electrons. The van der Waals surface area contributed by atoms with Crippen molar-refractivity contribution in [3.8, 4) is 5.75 Å². The van der Waals surface area contributed by atoms with Gasteiger partial charge < -0.3 is 19.5 Å². The van der Waals surface area contributed by atoms with Crippen molar-refractivity contribution in [3.63, 3.8) is 0 Å². The van der Waals surface area contributed by atoms with Crippen molar-refractivity contribution >= 4 is 28.1 Å². The first-order valence-electron chi connectivity index (χ1n) is 13.4. The molecule has 10 heteroatoms. The first-order valence-corrected chi connectivity index (χ1v) is 14.8. The maximum absolute atomic E-state index is 13.7. The average molecular weight is 558 g/mol. The van der Waals surface area contributed by atoms with E-state index in [2.05, 4.69) is 4.90 Å². The largest absolute Gasteiger partial charge is 0.487 e. The van der Waals surface area contributed by atoms with Crippen LogP contribution >= 0.6 is 0 Å². The highest BCUT2D eigenvalue weighted by molar-refractivity contribution is 7.89. The highest BCUT2D eigenvalue weighted by Gasteiger charge is 2.38. The number of hydrogen-bond donors (Lipinski definition) is 1. The van der Waals surface area contributed by atoms with Crippen LogP contribution in [0.5, 0.6) is 5.75 Å². The number of sulfonamides is 1. The molecule has 2 aliphatic heterocycles. The van der Waals surface area contributed by atoms with E-state index in [9.17, 15) is 18.3 Å². The molecule has 2 heterocycles. The van der Waals surface area contributed by atoms with Gasteiger partial charge in [0.2, 0.25) is 15.9 Å². The monoisotopic (exact) mass is 557 g/mol. The Kier molecular flexibility index (Phi) is 9.79. The van der Waals surface area contributed by atoms with Crippen LogP contribution in [0.4, 0.5) is 0 Å². The molecule has 0 aromatic heterocycles. The van der Waals surface area contributed by atoms with Crippen LogP contribution in [-0.2, 0) is 19.6 Å². The highest BCUT2D eigenvalue weighted by atomic mass is 32.2. The number of hydrogen-bond acceptors (Lipinski definition) is 7. The molecule has 2 aliphatic rings. The minimum Gasteiger partial charge on any atom is -0.487 e. The zero-order valence-electron chi connectivity index (χ0n) is 22.9. The van der Waals surface area contributed by atoms with Gasteiger partial charge in [0, 0.05) is 38.6 Å². The molecule has 0 aliphatic carbocycles. The SMILES string of the molecule is C[C@@H]1CN([C@@H](C)CO)S(=O)(=O)c2ccc(C=Cc3ccccc3)cc2O[C@@H]1CN(C)C(=O)CN1CCOCC1. The molecule has 0 spiro atoms. The number of fused-ring (bicyclic) bond motifs is 1. The van der Waals surface area contributed by atoms with Crippen LogP contribution in [0.15, 0.2) is 53.4 Å². The summed E-state index contributed by atoms with van der Waals surface area (Å²) in [6.07, 6.45) is 3.41. The Morgan fingerprint density at radius 2 is 1.82 bits per heavy atom. The summed E-state index contributed by atoms with van der Waals surface area (Å²) in [5.41, 5.74) is 1.81. The third-order valence-corrected chi connectivity index (χ3v) is 9.32.